The zero-order valence-electron chi connectivity index (χ0n) is 8.32. The smallest absolute Gasteiger partial charge is 0.247 e. The van der Waals surface area contributed by atoms with Crippen LogP contribution in [0.4, 0.5) is 0 Å². The van der Waals surface area contributed by atoms with Crippen molar-refractivity contribution >= 4 is 17.7 Å². The molecule has 2 aliphatic heterocycles. The van der Waals surface area contributed by atoms with Crippen LogP contribution in [0, 0.1) is 0 Å². The Labute approximate surface area is 87.5 Å². The summed E-state index contributed by atoms with van der Waals surface area (Å²) < 4.78 is 5.08. The molecule has 0 bridgehead atoms. The highest BCUT2D eigenvalue weighted by molar-refractivity contribution is 8.00. The Kier molecular flexibility index (Phi) is 2.55. The molecule has 2 rings (SSSR count). The molecule has 0 saturated carbocycles. The van der Waals surface area contributed by atoms with Crippen molar-refractivity contribution < 1.29 is 9.53 Å². The largest absolute Gasteiger partial charge is 0.380 e. The number of hydrogen-bond donors (Lipinski definition) is 1. The predicted molar refractivity (Wildman–Crippen MR) is 55.6 cm³/mol. The van der Waals surface area contributed by atoms with Gasteiger partial charge in [-0.2, -0.15) is 0 Å². The fourth-order valence-corrected chi connectivity index (χ4v) is 3.20. The van der Waals surface area contributed by atoms with E-state index in [1.165, 1.54) is 5.57 Å². The summed E-state index contributed by atoms with van der Waals surface area (Å²) in [4.78, 5) is 13.3. The molecule has 2 unspecified atom stereocenters. The number of allylic oxidation sites excluding steroid dienone is 1. The lowest BCUT2D eigenvalue weighted by Crippen LogP contribution is -2.67. The second-order valence-electron chi connectivity index (χ2n) is 3.56. The number of β-lactam (4-membered cyclic amide) rings is 1. The lowest BCUT2D eigenvalue weighted by Gasteiger charge is -2.48. The Morgan fingerprint density at radius 3 is 3.07 bits per heavy atom. The summed E-state index contributed by atoms with van der Waals surface area (Å²) in [5.74, 6) is 0.954. The zero-order valence-corrected chi connectivity index (χ0v) is 9.13. The van der Waals surface area contributed by atoms with E-state index in [-0.39, 0.29) is 17.3 Å². The van der Waals surface area contributed by atoms with Crippen LogP contribution in [-0.4, -0.2) is 41.7 Å². The van der Waals surface area contributed by atoms with Crippen molar-refractivity contribution in [2.75, 3.05) is 19.5 Å². The number of carbonyl (C=O) groups excluding carboxylic acids is 1. The molecule has 1 fully saturated rings. The summed E-state index contributed by atoms with van der Waals surface area (Å²) in [7, 11) is 1.67. The number of methoxy groups -OCH3 is 1. The molecule has 14 heavy (non-hydrogen) atoms. The van der Waals surface area contributed by atoms with E-state index in [4.69, 9.17) is 10.5 Å². The summed E-state index contributed by atoms with van der Waals surface area (Å²) in [6, 6.07) is -0.306. The molecule has 78 valence electrons. The molecular formula is C9H14N2O2S. The lowest BCUT2D eigenvalue weighted by atomic mass is 10.1. The number of amides is 1. The number of carbonyl (C=O) groups is 1. The van der Waals surface area contributed by atoms with Gasteiger partial charge in [-0.3, -0.25) is 4.79 Å². The van der Waals surface area contributed by atoms with Crippen LogP contribution in [0.3, 0.4) is 0 Å². The maximum Gasteiger partial charge on any atom is 0.247 e. The molecule has 0 aromatic heterocycles. The van der Waals surface area contributed by atoms with Gasteiger partial charge in [0, 0.05) is 18.6 Å². The number of fused-ring (bicyclic) bond motifs is 1. The molecule has 1 saturated heterocycles. The SMILES string of the molecule is COCC1=C(C)N2C(=O)C(N)C2SC1. The molecule has 0 aromatic carbocycles. The minimum Gasteiger partial charge on any atom is -0.380 e. The van der Waals surface area contributed by atoms with Crippen molar-refractivity contribution in [1.29, 1.82) is 0 Å². The Bertz CT molecular complexity index is 303. The molecule has 2 heterocycles. The number of hydrogen-bond acceptors (Lipinski definition) is 4. The first-order valence-corrected chi connectivity index (χ1v) is 5.59. The third-order valence-corrected chi connectivity index (χ3v) is 4.06. The Morgan fingerprint density at radius 1 is 1.71 bits per heavy atom. The van der Waals surface area contributed by atoms with E-state index in [0.717, 1.165) is 11.4 Å². The number of nitrogens with two attached hydrogens (primary N) is 1. The topological polar surface area (TPSA) is 55.6 Å². The fraction of sp³-hybridized carbons (Fsp3) is 0.667. The fourth-order valence-electron chi connectivity index (χ4n) is 1.80. The number of thioether (sulfide) groups is 1. The molecule has 2 aliphatic rings. The highest BCUT2D eigenvalue weighted by atomic mass is 32.2. The molecule has 4 nitrogen and oxygen atoms in total. The van der Waals surface area contributed by atoms with Gasteiger partial charge in [-0.15, -0.1) is 11.8 Å². The maximum absolute atomic E-state index is 11.5. The van der Waals surface area contributed by atoms with Crippen LogP contribution in [0.5, 0.6) is 0 Å². The standard InChI is InChI=1S/C9H14N2O2S/c1-5-6(3-13-2)4-14-9-7(10)8(12)11(5)9/h7,9H,3-4,10H2,1-2H3. The maximum atomic E-state index is 11.5. The quantitative estimate of drug-likeness (QED) is 0.665. The van der Waals surface area contributed by atoms with Crippen LogP contribution in [0.15, 0.2) is 11.3 Å². The molecule has 2 N–H and O–H groups in total. The van der Waals surface area contributed by atoms with Gasteiger partial charge in [-0.05, 0) is 12.5 Å². The lowest BCUT2D eigenvalue weighted by molar-refractivity contribution is -0.141. The molecule has 1 amide bonds. The van der Waals surface area contributed by atoms with Crippen molar-refractivity contribution in [2.45, 2.75) is 18.3 Å². The average Bonchev–Trinajstić information content (AvgIpc) is 2.20. The monoisotopic (exact) mass is 214 g/mol. The van der Waals surface area contributed by atoms with Gasteiger partial charge in [0.15, 0.2) is 0 Å². The van der Waals surface area contributed by atoms with Gasteiger partial charge in [-0.1, -0.05) is 0 Å². The number of rotatable bonds is 2. The first-order chi connectivity index (χ1) is 6.66. The highest BCUT2D eigenvalue weighted by Gasteiger charge is 2.48. The van der Waals surface area contributed by atoms with E-state index < -0.39 is 0 Å². The number of nitrogens with zero attached hydrogens (tertiary/aromatic N) is 1. The summed E-state index contributed by atoms with van der Waals surface area (Å²) in [6.07, 6.45) is 0. The molecule has 0 aliphatic carbocycles. The normalized spacial score (nSPS) is 31.6. The van der Waals surface area contributed by atoms with E-state index >= 15 is 0 Å². The predicted octanol–water partition coefficient (Wildman–Crippen LogP) is 0.149. The second-order valence-corrected chi connectivity index (χ2v) is 4.66. The van der Waals surface area contributed by atoms with E-state index in [1.807, 2.05) is 6.92 Å². The highest BCUT2D eigenvalue weighted by Crippen LogP contribution is 2.38. The number of ether oxygens (including phenoxy) is 1. The van der Waals surface area contributed by atoms with Crippen molar-refractivity contribution in [2.24, 2.45) is 5.73 Å². The van der Waals surface area contributed by atoms with Gasteiger partial charge < -0.3 is 15.4 Å². The van der Waals surface area contributed by atoms with Gasteiger partial charge in [0.2, 0.25) is 5.91 Å². The van der Waals surface area contributed by atoms with Crippen LogP contribution in [-0.2, 0) is 9.53 Å². The first kappa shape index (κ1) is 10.0. The third-order valence-electron chi connectivity index (χ3n) is 2.70. The zero-order chi connectivity index (χ0) is 10.3. The Balaban J connectivity index is 2.19. The summed E-state index contributed by atoms with van der Waals surface area (Å²) >= 11 is 1.72. The Hall–Kier alpha value is -0.520. The van der Waals surface area contributed by atoms with Crippen LogP contribution in [0.2, 0.25) is 0 Å². The van der Waals surface area contributed by atoms with E-state index in [9.17, 15) is 4.79 Å². The molecular weight excluding hydrogens is 200 g/mol. The van der Waals surface area contributed by atoms with E-state index in [0.29, 0.717) is 6.61 Å². The summed E-state index contributed by atoms with van der Waals surface area (Å²) in [5.41, 5.74) is 7.91. The minimum absolute atomic E-state index is 0.0355. The van der Waals surface area contributed by atoms with Crippen molar-refractivity contribution in [3.05, 3.63) is 11.3 Å². The molecule has 0 radical (unpaired) electrons. The van der Waals surface area contributed by atoms with Crippen molar-refractivity contribution in [1.82, 2.24) is 4.90 Å². The molecule has 2 atom stereocenters. The third kappa shape index (κ3) is 1.27. The second kappa shape index (κ2) is 3.56. The van der Waals surface area contributed by atoms with Crippen LogP contribution in [0.25, 0.3) is 0 Å². The van der Waals surface area contributed by atoms with E-state index in [2.05, 4.69) is 0 Å². The molecule has 0 spiro atoms. The average molecular weight is 214 g/mol. The van der Waals surface area contributed by atoms with Gasteiger partial charge in [0.05, 0.1) is 6.61 Å². The van der Waals surface area contributed by atoms with Gasteiger partial charge >= 0.3 is 0 Å². The Morgan fingerprint density at radius 2 is 2.43 bits per heavy atom. The van der Waals surface area contributed by atoms with Gasteiger partial charge in [0.25, 0.3) is 0 Å². The molecule has 0 aromatic rings. The summed E-state index contributed by atoms with van der Waals surface area (Å²) in [5, 5.41) is 0.156. The van der Waals surface area contributed by atoms with Crippen molar-refractivity contribution in [3.8, 4) is 0 Å². The van der Waals surface area contributed by atoms with Gasteiger partial charge in [0.1, 0.15) is 11.4 Å². The molecule has 5 heteroatoms. The first-order valence-electron chi connectivity index (χ1n) is 4.54. The van der Waals surface area contributed by atoms with Crippen LogP contribution >= 0.6 is 11.8 Å². The van der Waals surface area contributed by atoms with Crippen molar-refractivity contribution in [3.63, 3.8) is 0 Å². The van der Waals surface area contributed by atoms with Crippen LogP contribution in [0.1, 0.15) is 6.92 Å². The van der Waals surface area contributed by atoms with Crippen LogP contribution < -0.4 is 5.73 Å². The van der Waals surface area contributed by atoms with Gasteiger partial charge in [-0.25, -0.2) is 0 Å². The minimum atomic E-state index is -0.306. The van der Waals surface area contributed by atoms with E-state index in [1.54, 1.807) is 23.8 Å². The summed E-state index contributed by atoms with van der Waals surface area (Å²) in [6.45, 7) is 2.56.